The SMILES string of the molecule is CCCCCCCCCCCCCC(=O)Oc1ccccc1.[Na]. The van der Waals surface area contributed by atoms with E-state index < -0.39 is 0 Å². The van der Waals surface area contributed by atoms with Gasteiger partial charge in [0.1, 0.15) is 5.75 Å². The molecule has 1 aromatic carbocycles. The zero-order valence-corrected chi connectivity index (χ0v) is 17.2. The molecular weight excluding hydrogens is 295 g/mol. The molecule has 0 atom stereocenters. The molecule has 0 unspecified atom stereocenters. The minimum absolute atomic E-state index is 0. The van der Waals surface area contributed by atoms with Gasteiger partial charge in [0, 0.05) is 36.0 Å². The number of benzene rings is 1. The van der Waals surface area contributed by atoms with E-state index in [1.807, 2.05) is 30.3 Å². The molecule has 0 heterocycles. The third-order valence-electron chi connectivity index (χ3n) is 3.96. The van der Waals surface area contributed by atoms with Crippen LogP contribution in [0.1, 0.15) is 84.0 Å². The van der Waals surface area contributed by atoms with Crippen molar-refractivity contribution in [3.63, 3.8) is 0 Å². The summed E-state index contributed by atoms with van der Waals surface area (Å²) >= 11 is 0. The number of esters is 1. The van der Waals surface area contributed by atoms with E-state index in [9.17, 15) is 4.79 Å². The fourth-order valence-corrected chi connectivity index (χ4v) is 2.60. The smallest absolute Gasteiger partial charge is 0.311 e. The second kappa shape index (κ2) is 16.5. The van der Waals surface area contributed by atoms with Gasteiger partial charge in [0.25, 0.3) is 0 Å². The van der Waals surface area contributed by atoms with Crippen LogP contribution in [0.4, 0.5) is 0 Å². The number of hydrogen-bond donors (Lipinski definition) is 0. The van der Waals surface area contributed by atoms with Crippen molar-refractivity contribution < 1.29 is 9.53 Å². The molecule has 0 bridgehead atoms. The molecule has 1 radical (unpaired) electrons. The van der Waals surface area contributed by atoms with Crippen LogP contribution in [0.15, 0.2) is 30.3 Å². The molecule has 0 aromatic heterocycles. The maximum Gasteiger partial charge on any atom is 0.311 e. The van der Waals surface area contributed by atoms with Crippen molar-refractivity contribution in [2.24, 2.45) is 0 Å². The average molecular weight is 327 g/mol. The third kappa shape index (κ3) is 13.8. The second-order valence-corrected chi connectivity index (χ2v) is 6.07. The predicted molar refractivity (Wildman–Crippen MR) is 98.9 cm³/mol. The number of carbonyl (C=O) groups is 1. The minimum Gasteiger partial charge on any atom is -0.427 e. The zero-order chi connectivity index (χ0) is 15.9. The van der Waals surface area contributed by atoms with Crippen LogP contribution in [0.3, 0.4) is 0 Å². The van der Waals surface area contributed by atoms with Gasteiger partial charge in [-0.2, -0.15) is 0 Å². The maximum absolute atomic E-state index is 11.7. The quantitative estimate of drug-likeness (QED) is 0.195. The Morgan fingerprint density at radius 3 is 1.78 bits per heavy atom. The second-order valence-electron chi connectivity index (χ2n) is 6.07. The van der Waals surface area contributed by atoms with Gasteiger partial charge in [-0.15, -0.1) is 0 Å². The first kappa shape index (κ1) is 22.7. The molecule has 0 aliphatic carbocycles. The van der Waals surface area contributed by atoms with Crippen molar-refractivity contribution in [3.8, 4) is 5.75 Å². The number of hydrogen-bond acceptors (Lipinski definition) is 2. The number of carbonyl (C=O) groups excluding carboxylic acids is 1. The molecule has 0 amide bonds. The molecule has 23 heavy (non-hydrogen) atoms. The van der Waals surface area contributed by atoms with Crippen LogP contribution in [-0.4, -0.2) is 35.5 Å². The Labute approximate surface area is 164 Å². The summed E-state index contributed by atoms with van der Waals surface area (Å²) in [6, 6.07) is 9.31. The van der Waals surface area contributed by atoms with Gasteiger partial charge >= 0.3 is 5.97 Å². The Bertz CT molecular complexity index is 378. The standard InChI is InChI=1S/C20H32O2.Na/c1-2-3-4-5-6-7-8-9-10-11-15-18-20(21)22-19-16-13-12-14-17-19;/h12-14,16-17H,2-11,15,18H2,1H3;. The van der Waals surface area contributed by atoms with Crippen molar-refractivity contribution in [2.75, 3.05) is 0 Å². The first-order valence-electron chi connectivity index (χ1n) is 9.08. The van der Waals surface area contributed by atoms with E-state index in [1.54, 1.807) is 0 Å². The van der Waals surface area contributed by atoms with E-state index in [-0.39, 0.29) is 35.5 Å². The summed E-state index contributed by atoms with van der Waals surface area (Å²) in [7, 11) is 0. The fraction of sp³-hybridized carbons (Fsp3) is 0.650. The molecule has 3 heteroatoms. The predicted octanol–water partition coefficient (Wildman–Crippen LogP) is 5.91. The molecular formula is C20H32NaO2. The molecule has 0 N–H and O–H groups in total. The van der Waals surface area contributed by atoms with Gasteiger partial charge in [-0.05, 0) is 18.6 Å². The van der Waals surface area contributed by atoms with Crippen molar-refractivity contribution in [2.45, 2.75) is 84.0 Å². The van der Waals surface area contributed by atoms with Crippen LogP contribution >= 0.6 is 0 Å². The van der Waals surface area contributed by atoms with Crippen molar-refractivity contribution in [3.05, 3.63) is 30.3 Å². The Hall–Kier alpha value is -0.310. The molecule has 1 rings (SSSR count). The van der Waals surface area contributed by atoms with E-state index in [2.05, 4.69) is 6.92 Å². The fourth-order valence-electron chi connectivity index (χ4n) is 2.60. The van der Waals surface area contributed by atoms with E-state index in [4.69, 9.17) is 4.74 Å². The number of rotatable bonds is 13. The molecule has 125 valence electrons. The first-order valence-corrected chi connectivity index (χ1v) is 9.08. The molecule has 1 aromatic rings. The van der Waals surface area contributed by atoms with Gasteiger partial charge in [0.2, 0.25) is 0 Å². The summed E-state index contributed by atoms with van der Waals surface area (Å²) in [5.41, 5.74) is 0. The van der Waals surface area contributed by atoms with Gasteiger partial charge in [0.15, 0.2) is 0 Å². The van der Waals surface area contributed by atoms with Gasteiger partial charge in [-0.1, -0.05) is 89.3 Å². The number of para-hydroxylation sites is 1. The van der Waals surface area contributed by atoms with Gasteiger partial charge in [0.05, 0.1) is 0 Å². The topological polar surface area (TPSA) is 26.3 Å². The maximum atomic E-state index is 11.7. The summed E-state index contributed by atoms with van der Waals surface area (Å²) in [5, 5.41) is 0. The summed E-state index contributed by atoms with van der Waals surface area (Å²) in [4.78, 5) is 11.7. The third-order valence-corrected chi connectivity index (χ3v) is 3.96. The normalized spacial score (nSPS) is 10.1. The number of unbranched alkanes of at least 4 members (excludes halogenated alkanes) is 10. The molecule has 2 nitrogen and oxygen atoms in total. The summed E-state index contributed by atoms with van der Waals surface area (Å²) in [6.45, 7) is 2.26. The van der Waals surface area contributed by atoms with Gasteiger partial charge < -0.3 is 4.74 Å². The van der Waals surface area contributed by atoms with Crippen molar-refractivity contribution >= 4 is 35.5 Å². The Morgan fingerprint density at radius 1 is 0.783 bits per heavy atom. The van der Waals surface area contributed by atoms with Crippen LogP contribution in [0.5, 0.6) is 5.75 Å². The summed E-state index contributed by atoms with van der Waals surface area (Å²) < 4.78 is 5.27. The van der Waals surface area contributed by atoms with Crippen LogP contribution in [0.25, 0.3) is 0 Å². The Balaban J connectivity index is 0.00000484. The number of ether oxygens (including phenoxy) is 1. The van der Waals surface area contributed by atoms with Crippen molar-refractivity contribution in [1.82, 2.24) is 0 Å². The van der Waals surface area contributed by atoms with Gasteiger partial charge in [-0.3, -0.25) is 4.79 Å². The molecule has 0 saturated carbocycles. The largest absolute Gasteiger partial charge is 0.427 e. The Morgan fingerprint density at radius 2 is 1.26 bits per heavy atom. The molecule has 0 aliphatic heterocycles. The zero-order valence-electron chi connectivity index (χ0n) is 15.2. The van der Waals surface area contributed by atoms with E-state index in [0.29, 0.717) is 12.2 Å². The molecule has 0 saturated heterocycles. The van der Waals surface area contributed by atoms with Crippen LogP contribution < -0.4 is 4.74 Å². The first-order chi connectivity index (χ1) is 10.8. The molecule has 0 fully saturated rings. The summed E-state index contributed by atoms with van der Waals surface area (Å²) in [6.07, 6.45) is 14.8. The van der Waals surface area contributed by atoms with Crippen LogP contribution in [0.2, 0.25) is 0 Å². The molecule has 0 aliphatic rings. The van der Waals surface area contributed by atoms with E-state index in [1.165, 1.54) is 57.8 Å². The average Bonchev–Trinajstić information content (AvgIpc) is 2.53. The molecule has 0 spiro atoms. The van der Waals surface area contributed by atoms with Gasteiger partial charge in [-0.25, -0.2) is 0 Å². The monoisotopic (exact) mass is 327 g/mol. The Kier molecular flexibility index (Phi) is 16.3. The minimum atomic E-state index is -0.109. The van der Waals surface area contributed by atoms with Crippen molar-refractivity contribution in [1.29, 1.82) is 0 Å². The van der Waals surface area contributed by atoms with Crippen LogP contribution in [0, 0.1) is 0 Å². The van der Waals surface area contributed by atoms with E-state index >= 15 is 0 Å². The van der Waals surface area contributed by atoms with E-state index in [0.717, 1.165) is 12.8 Å². The summed E-state index contributed by atoms with van der Waals surface area (Å²) in [5.74, 6) is 0.540. The van der Waals surface area contributed by atoms with Crippen LogP contribution in [-0.2, 0) is 4.79 Å².